The molecule has 154 valence electrons. The molecule has 0 unspecified atom stereocenters. The molecule has 30 heavy (non-hydrogen) atoms. The van der Waals surface area contributed by atoms with Gasteiger partial charge in [0.15, 0.2) is 0 Å². The molecule has 6 nitrogen and oxygen atoms in total. The second-order valence-corrected chi connectivity index (χ2v) is 8.44. The summed E-state index contributed by atoms with van der Waals surface area (Å²) in [5, 5.41) is 2.97. The average Bonchev–Trinajstić information content (AvgIpc) is 2.72. The third kappa shape index (κ3) is 3.76. The van der Waals surface area contributed by atoms with Gasteiger partial charge >= 0.3 is 0 Å². The van der Waals surface area contributed by atoms with Crippen molar-refractivity contribution in [3.05, 3.63) is 89.2 Å². The van der Waals surface area contributed by atoms with Gasteiger partial charge in [-0.3, -0.25) is 4.98 Å². The van der Waals surface area contributed by atoms with Crippen LogP contribution in [-0.4, -0.2) is 19.4 Å². The summed E-state index contributed by atoms with van der Waals surface area (Å²) in [7, 11) is -3.91. The summed E-state index contributed by atoms with van der Waals surface area (Å²) < 4.78 is 56.0. The minimum Gasteiger partial charge on any atom is -0.324 e. The first-order valence-corrected chi connectivity index (χ1v) is 10.7. The van der Waals surface area contributed by atoms with Gasteiger partial charge in [-0.1, -0.05) is 37.3 Å². The van der Waals surface area contributed by atoms with E-state index in [0.717, 1.165) is 0 Å². The van der Waals surface area contributed by atoms with Crippen LogP contribution >= 0.6 is 0 Å². The molecule has 1 aliphatic heterocycles. The first-order chi connectivity index (χ1) is 14.4. The Labute approximate surface area is 172 Å². The highest BCUT2D eigenvalue weighted by Gasteiger charge is 2.30. The smallest absolute Gasteiger partial charge is 0.266 e. The largest absolute Gasteiger partial charge is 0.324 e. The van der Waals surface area contributed by atoms with Crippen LogP contribution in [0.1, 0.15) is 29.7 Å². The summed E-state index contributed by atoms with van der Waals surface area (Å²) in [5.74, 6) is -1.38. The molecule has 0 saturated heterocycles. The molecule has 0 fully saturated rings. The minimum atomic E-state index is -3.91. The molecular weight excluding hydrogens is 410 g/mol. The van der Waals surface area contributed by atoms with Crippen molar-refractivity contribution in [1.82, 2.24) is 9.71 Å². The van der Waals surface area contributed by atoms with Crippen LogP contribution in [0.15, 0.2) is 70.7 Å². The Kier molecular flexibility index (Phi) is 5.21. The van der Waals surface area contributed by atoms with Crippen molar-refractivity contribution >= 4 is 21.7 Å². The number of anilines is 1. The number of benzene rings is 2. The van der Waals surface area contributed by atoms with Crippen molar-refractivity contribution < 1.29 is 17.2 Å². The highest BCUT2D eigenvalue weighted by molar-refractivity contribution is 7.90. The Bertz CT molecular complexity index is 1250. The number of nitrogens with zero attached hydrogens (tertiary/aromatic N) is 2. The highest BCUT2D eigenvalue weighted by Crippen LogP contribution is 2.36. The zero-order chi connectivity index (χ0) is 21.3. The second-order valence-electron chi connectivity index (χ2n) is 6.79. The summed E-state index contributed by atoms with van der Waals surface area (Å²) in [6, 6.07) is 13.9. The van der Waals surface area contributed by atoms with E-state index >= 15 is 0 Å². The van der Waals surface area contributed by atoms with E-state index in [1.807, 2.05) is 0 Å². The monoisotopic (exact) mass is 428 g/mol. The van der Waals surface area contributed by atoms with Crippen LogP contribution in [0.5, 0.6) is 0 Å². The van der Waals surface area contributed by atoms with Crippen molar-refractivity contribution in [3.8, 4) is 0 Å². The van der Waals surface area contributed by atoms with Crippen LogP contribution in [-0.2, 0) is 16.6 Å². The number of hydrogen-bond acceptors (Lipinski definition) is 4. The predicted molar refractivity (Wildman–Crippen MR) is 110 cm³/mol. The summed E-state index contributed by atoms with van der Waals surface area (Å²) in [5.41, 5.74) is 1.44. The molecule has 1 aliphatic rings. The Morgan fingerprint density at radius 3 is 2.50 bits per heavy atom. The lowest BCUT2D eigenvalue weighted by atomic mass is 9.91. The van der Waals surface area contributed by atoms with Crippen molar-refractivity contribution in [2.45, 2.75) is 24.3 Å². The van der Waals surface area contributed by atoms with E-state index in [-0.39, 0.29) is 28.9 Å². The zero-order valence-electron chi connectivity index (χ0n) is 15.9. The fourth-order valence-electron chi connectivity index (χ4n) is 3.35. The number of nitrogens with one attached hydrogen (secondary N) is 2. The van der Waals surface area contributed by atoms with Crippen molar-refractivity contribution in [2.75, 3.05) is 5.32 Å². The van der Waals surface area contributed by atoms with Crippen molar-refractivity contribution in [3.63, 3.8) is 0 Å². The molecule has 2 aromatic carbocycles. The van der Waals surface area contributed by atoms with Gasteiger partial charge in [0.05, 0.1) is 17.9 Å². The minimum absolute atomic E-state index is 0.0335. The average molecular weight is 428 g/mol. The van der Waals surface area contributed by atoms with Crippen LogP contribution in [0.25, 0.3) is 0 Å². The third-order valence-corrected chi connectivity index (χ3v) is 6.26. The number of aliphatic imine (C=N–C) groups is 1. The van der Waals surface area contributed by atoms with Crippen LogP contribution in [0.4, 0.5) is 14.5 Å². The van der Waals surface area contributed by atoms with Gasteiger partial charge in [0, 0.05) is 12.1 Å². The fraction of sp³-hybridized carbons (Fsp3) is 0.143. The lowest BCUT2D eigenvalue weighted by molar-refractivity contribution is 0.590. The topological polar surface area (TPSA) is 83.4 Å². The first kappa shape index (κ1) is 20.0. The van der Waals surface area contributed by atoms with Gasteiger partial charge in [-0.15, -0.1) is 0 Å². The number of sulfonamides is 1. The molecule has 2 N–H and O–H groups in total. The van der Waals surface area contributed by atoms with Gasteiger partial charge in [-0.2, -0.15) is 0 Å². The molecule has 4 rings (SSSR count). The second kappa shape index (κ2) is 7.83. The SMILES string of the molecule is C[C@H](c1ccccc1F)c1cccc2c1NC(=NCc1ncccc1F)NS2(=O)=O. The van der Waals surface area contributed by atoms with Gasteiger partial charge < -0.3 is 5.32 Å². The molecule has 3 aromatic rings. The molecular formula is C21H18F2N4O2S. The third-order valence-electron chi connectivity index (χ3n) is 4.88. The first-order valence-electron chi connectivity index (χ1n) is 9.18. The predicted octanol–water partition coefficient (Wildman–Crippen LogP) is 3.77. The van der Waals surface area contributed by atoms with E-state index in [2.05, 4.69) is 20.0 Å². The number of pyridine rings is 1. The molecule has 0 spiro atoms. The standard InChI is InChI=1S/C21H18F2N4O2S/c1-13(14-6-2-3-8-16(14)22)15-7-4-10-19-20(15)26-21(27-30(19,28)29)25-12-18-17(23)9-5-11-24-18/h2-11,13H,12H2,1H3,(H2,25,26,27)/t13-/m1/s1. The lowest BCUT2D eigenvalue weighted by Gasteiger charge is -2.26. The zero-order valence-corrected chi connectivity index (χ0v) is 16.7. The van der Waals surface area contributed by atoms with Gasteiger partial charge in [0.1, 0.15) is 16.5 Å². The van der Waals surface area contributed by atoms with Crippen LogP contribution in [0, 0.1) is 11.6 Å². The molecule has 0 saturated carbocycles. The number of fused-ring (bicyclic) bond motifs is 1. The Morgan fingerprint density at radius 2 is 1.73 bits per heavy atom. The van der Waals surface area contributed by atoms with E-state index in [1.165, 1.54) is 30.5 Å². The van der Waals surface area contributed by atoms with Gasteiger partial charge in [0.2, 0.25) is 5.96 Å². The Balaban J connectivity index is 1.74. The number of halogens is 2. The molecule has 0 amide bonds. The maximum absolute atomic E-state index is 14.3. The van der Waals surface area contributed by atoms with Gasteiger partial charge in [0.25, 0.3) is 10.0 Å². The Morgan fingerprint density at radius 1 is 1.00 bits per heavy atom. The van der Waals surface area contributed by atoms with Crippen molar-refractivity contribution in [2.24, 2.45) is 4.99 Å². The molecule has 1 aromatic heterocycles. The lowest BCUT2D eigenvalue weighted by Crippen LogP contribution is -2.41. The summed E-state index contributed by atoms with van der Waals surface area (Å²) in [6.07, 6.45) is 1.43. The van der Waals surface area contributed by atoms with E-state index in [0.29, 0.717) is 16.8 Å². The molecule has 2 heterocycles. The van der Waals surface area contributed by atoms with Crippen LogP contribution in [0.2, 0.25) is 0 Å². The van der Waals surface area contributed by atoms with E-state index in [9.17, 15) is 17.2 Å². The van der Waals surface area contributed by atoms with E-state index < -0.39 is 21.8 Å². The maximum atomic E-state index is 14.3. The maximum Gasteiger partial charge on any atom is 0.266 e. The van der Waals surface area contributed by atoms with E-state index in [1.54, 1.807) is 37.3 Å². The molecule has 0 bridgehead atoms. The van der Waals surface area contributed by atoms with Crippen LogP contribution in [0.3, 0.4) is 0 Å². The van der Waals surface area contributed by atoms with E-state index in [4.69, 9.17) is 0 Å². The summed E-state index contributed by atoms with van der Waals surface area (Å²) in [6.45, 7) is 1.64. The summed E-state index contributed by atoms with van der Waals surface area (Å²) >= 11 is 0. The van der Waals surface area contributed by atoms with Crippen molar-refractivity contribution in [1.29, 1.82) is 0 Å². The number of para-hydroxylation sites is 1. The molecule has 0 radical (unpaired) electrons. The normalized spacial score (nSPS) is 17.0. The number of rotatable bonds is 4. The fourth-order valence-corrected chi connectivity index (χ4v) is 4.52. The van der Waals surface area contributed by atoms with Gasteiger partial charge in [-0.25, -0.2) is 26.9 Å². The molecule has 0 aliphatic carbocycles. The highest BCUT2D eigenvalue weighted by atomic mass is 32.2. The summed E-state index contributed by atoms with van der Waals surface area (Å²) in [4.78, 5) is 8.08. The molecule has 9 heteroatoms. The van der Waals surface area contributed by atoms with Crippen LogP contribution < -0.4 is 10.0 Å². The molecule has 1 atom stereocenters. The quantitative estimate of drug-likeness (QED) is 0.663. The number of hydrogen-bond donors (Lipinski definition) is 2. The number of aromatic nitrogens is 1. The number of guanidine groups is 1. The Hall–Kier alpha value is -3.33. The van der Waals surface area contributed by atoms with Gasteiger partial charge in [-0.05, 0) is 35.4 Å².